The lowest BCUT2D eigenvalue weighted by atomic mass is 9.98. The number of ether oxygens (including phenoxy) is 3. The van der Waals surface area contributed by atoms with Gasteiger partial charge in [0.2, 0.25) is 5.82 Å². The number of carbonyl (C=O) groups is 1. The standard InChI is InChI=1S/C34H25F2N3O5/c1-37-34-32(20-5-7-21(35)8-6-20)33(41)24(18-39(34)22-9-10-22)27(40)15-19-4-11-29(25(36)14-19)44-28-12-13-38-26-17-31(43-3)30(42-2)16-23(26)28/h4-8,11-14,16-18,22H,9-10,15H2,2-3H3. The highest BCUT2D eigenvalue weighted by atomic mass is 19.1. The van der Waals surface area contributed by atoms with Gasteiger partial charge in [0.1, 0.15) is 17.1 Å². The quantitative estimate of drug-likeness (QED) is 0.130. The molecule has 44 heavy (non-hydrogen) atoms. The van der Waals surface area contributed by atoms with Crippen molar-refractivity contribution in [1.29, 1.82) is 0 Å². The Bertz CT molecular complexity index is 2030. The molecule has 1 saturated carbocycles. The highest BCUT2D eigenvalue weighted by molar-refractivity contribution is 5.99. The number of fused-ring (bicyclic) bond motifs is 1. The van der Waals surface area contributed by atoms with Crippen molar-refractivity contribution in [1.82, 2.24) is 9.55 Å². The molecule has 0 saturated heterocycles. The summed E-state index contributed by atoms with van der Waals surface area (Å²) in [6.07, 6.45) is 4.31. The second-order valence-corrected chi connectivity index (χ2v) is 10.3. The number of hydrogen-bond acceptors (Lipinski definition) is 6. The molecular weight excluding hydrogens is 568 g/mol. The molecule has 2 aromatic heterocycles. The topological polar surface area (TPSA) is 84.0 Å². The van der Waals surface area contributed by atoms with E-state index in [2.05, 4.69) is 9.83 Å². The molecule has 220 valence electrons. The third-order valence-electron chi connectivity index (χ3n) is 7.48. The molecule has 3 aromatic carbocycles. The molecule has 1 aliphatic rings. The number of pyridine rings is 2. The predicted octanol–water partition coefficient (Wildman–Crippen LogP) is 7.46. The number of rotatable bonds is 9. The fraction of sp³-hybridized carbons (Fsp3) is 0.176. The molecular formula is C34H25F2N3O5. The molecule has 10 heteroatoms. The molecule has 0 amide bonds. The van der Waals surface area contributed by atoms with Crippen LogP contribution in [0, 0.1) is 18.2 Å². The van der Waals surface area contributed by atoms with Gasteiger partial charge >= 0.3 is 0 Å². The number of methoxy groups -OCH3 is 2. The summed E-state index contributed by atoms with van der Waals surface area (Å²) in [7, 11) is 3.02. The fourth-order valence-electron chi connectivity index (χ4n) is 5.12. The number of benzene rings is 3. The minimum Gasteiger partial charge on any atom is -0.493 e. The number of Topliss-reactive ketones (excluding diaryl/α,β-unsaturated/α-hetero) is 1. The molecule has 0 aliphatic heterocycles. The highest BCUT2D eigenvalue weighted by Gasteiger charge is 2.32. The molecule has 0 N–H and O–H groups in total. The van der Waals surface area contributed by atoms with Crippen LogP contribution >= 0.6 is 0 Å². The van der Waals surface area contributed by atoms with Crippen molar-refractivity contribution in [2.24, 2.45) is 0 Å². The second kappa shape index (κ2) is 11.6. The van der Waals surface area contributed by atoms with Crippen molar-refractivity contribution < 1.29 is 27.8 Å². The van der Waals surface area contributed by atoms with Crippen LogP contribution in [-0.4, -0.2) is 29.6 Å². The van der Waals surface area contributed by atoms with E-state index in [9.17, 15) is 14.0 Å². The van der Waals surface area contributed by atoms with E-state index in [4.69, 9.17) is 20.8 Å². The summed E-state index contributed by atoms with van der Waals surface area (Å²) >= 11 is 0. The first-order valence-corrected chi connectivity index (χ1v) is 13.7. The maximum atomic E-state index is 15.3. The Labute approximate surface area is 250 Å². The Balaban J connectivity index is 1.31. The van der Waals surface area contributed by atoms with Gasteiger partial charge in [0.05, 0.1) is 37.5 Å². The summed E-state index contributed by atoms with van der Waals surface area (Å²) in [5.41, 5.74) is 0.549. The zero-order valence-electron chi connectivity index (χ0n) is 23.8. The molecule has 0 unspecified atom stereocenters. The number of ketones is 1. The molecule has 0 spiro atoms. The van der Waals surface area contributed by atoms with E-state index in [1.807, 2.05) is 0 Å². The van der Waals surface area contributed by atoms with Crippen LogP contribution in [0.15, 0.2) is 77.9 Å². The molecule has 8 nitrogen and oxygen atoms in total. The SMILES string of the molecule is [C-]#[N+]c1c(-c2ccc(F)cc2)c(=O)c(C(=O)Cc2ccc(Oc3ccnc4cc(OC)c(OC)cc34)c(F)c2)cn1C1CC1. The third-order valence-corrected chi connectivity index (χ3v) is 7.48. The van der Waals surface area contributed by atoms with Crippen molar-refractivity contribution in [3.05, 3.63) is 117 Å². The maximum absolute atomic E-state index is 15.3. The van der Waals surface area contributed by atoms with Crippen LogP contribution in [0.1, 0.15) is 34.8 Å². The molecule has 5 aromatic rings. The van der Waals surface area contributed by atoms with Gasteiger partial charge in [-0.1, -0.05) is 24.8 Å². The Kier molecular flexibility index (Phi) is 7.53. The van der Waals surface area contributed by atoms with Crippen LogP contribution in [-0.2, 0) is 6.42 Å². The molecule has 6 rings (SSSR count). The first-order valence-electron chi connectivity index (χ1n) is 13.7. The largest absolute Gasteiger partial charge is 0.493 e. The van der Waals surface area contributed by atoms with Gasteiger partial charge in [0, 0.05) is 24.1 Å². The third kappa shape index (κ3) is 5.36. The summed E-state index contributed by atoms with van der Waals surface area (Å²) in [6, 6.07) is 14.4. The van der Waals surface area contributed by atoms with Crippen LogP contribution in [0.2, 0.25) is 0 Å². The minimum atomic E-state index is -0.702. The van der Waals surface area contributed by atoms with Crippen molar-refractivity contribution in [2.75, 3.05) is 14.2 Å². The van der Waals surface area contributed by atoms with Crippen LogP contribution in [0.3, 0.4) is 0 Å². The first-order chi connectivity index (χ1) is 21.3. The average Bonchev–Trinajstić information content (AvgIpc) is 3.87. The van der Waals surface area contributed by atoms with E-state index in [1.165, 1.54) is 63.0 Å². The van der Waals surface area contributed by atoms with E-state index in [-0.39, 0.29) is 35.2 Å². The summed E-state index contributed by atoms with van der Waals surface area (Å²) in [4.78, 5) is 35.0. The van der Waals surface area contributed by atoms with Crippen molar-refractivity contribution in [3.8, 4) is 34.1 Å². The van der Waals surface area contributed by atoms with Crippen molar-refractivity contribution >= 4 is 22.5 Å². The van der Waals surface area contributed by atoms with Gasteiger partial charge in [-0.05, 0) is 60.4 Å². The van der Waals surface area contributed by atoms with Crippen LogP contribution < -0.4 is 19.6 Å². The average molecular weight is 594 g/mol. The zero-order valence-corrected chi connectivity index (χ0v) is 23.8. The fourth-order valence-corrected chi connectivity index (χ4v) is 5.12. The van der Waals surface area contributed by atoms with E-state index in [0.29, 0.717) is 39.3 Å². The maximum Gasteiger partial charge on any atom is 0.242 e. The summed E-state index contributed by atoms with van der Waals surface area (Å²) in [5.74, 6) is -0.397. The van der Waals surface area contributed by atoms with Gasteiger partial charge in [-0.25, -0.2) is 8.78 Å². The monoisotopic (exact) mass is 593 g/mol. The lowest BCUT2D eigenvalue weighted by Crippen LogP contribution is -2.21. The lowest BCUT2D eigenvalue weighted by Gasteiger charge is -2.14. The van der Waals surface area contributed by atoms with Gasteiger partial charge in [-0.15, -0.1) is 0 Å². The Morgan fingerprint density at radius 1 is 0.977 bits per heavy atom. The highest BCUT2D eigenvalue weighted by Crippen LogP contribution is 2.41. The number of halogens is 2. The molecule has 0 bridgehead atoms. The second-order valence-electron chi connectivity index (χ2n) is 10.3. The van der Waals surface area contributed by atoms with E-state index >= 15 is 4.39 Å². The Morgan fingerprint density at radius 3 is 2.36 bits per heavy atom. The van der Waals surface area contributed by atoms with Gasteiger partial charge in [0.25, 0.3) is 0 Å². The molecule has 0 radical (unpaired) electrons. The summed E-state index contributed by atoms with van der Waals surface area (Å²) in [5, 5.41) is 0.579. The molecule has 0 atom stereocenters. The minimum absolute atomic E-state index is 0.00959. The molecule has 1 aliphatic carbocycles. The number of hydrogen-bond donors (Lipinski definition) is 0. The van der Waals surface area contributed by atoms with Crippen molar-refractivity contribution in [2.45, 2.75) is 25.3 Å². The molecule has 2 heterocycles. The van der Waals surface area contributed by atoms with E-state index in [1.54, 1.807) is 28.8 Å². The zero-order chi connectivity index (χ0) is 31.0. The molecule has 1 fully saturated rings. The lowest BCUT2D eigenvalue weighted by molar-refractivity contribution is 0.0991. The smallest absolute Gasteiger partial charge is 0.242 e. The normalized spacial score (nSPS) is 12.5. The van der Waals surface area contributed by atoms with Crippen molar-refractivity contribution in [3.63, 3.8) is 0 Å². The van der Waals surface area contributed by atoms with Gasteiger partial charge < -0.3 is 19.1 Å². The summed E-state index contributed by atoms with van der Waals surface area (Å²) < 4.78 is 47.2. The Morgan fingerprint density at radius 2 is 1.70 bits per heavy atom. The van der Waals surface area contributed by atoms with Crippen LogP contribution in [0.4, 0.5) is 14.6 Å². The first kappa shape index (κ1) is 28.6. The summed E-state index contributed by atoms with van der Waals surface area (Å²) in [6.45, 7) is 7.74. The van der Waals surface area contributed by atoms with Crippen LogP contribution in [0.25, 0.3) is 26.9 Å². The van der Waals surface area contributed by atoms with Gasteiger partial charge in [-0.3, -0.25) is 19.1 Å². The van der Waals surface area contributed by atoms with E-state index < -0.39 is 22.8 Å². The number of carbonyl (C=O) groups excluding carboxylic acids is 1. The Hall–Kier alpha value is -5.56. The van der Waals surface area contributed by atoms with Gasteiger partial charge in [0.15, 0.2) is 34.3 Å². The van der Waals surface area contributed by atoms with Crippen LogP contribution in [0.5, 0.6) is 23.0 Å². The van der Waals surface area contributed by atoms with Gasteiger partial charge in [-0.2, -0.15) is 0 Å². The number of nitrogens with zero attached hydrogens (tertiary/aromatic N) is 3. The van der Waals surface area contributed by atoms with E-state index in [0.717, 1.165) is 12.8 Å². The predicted molar refractivity (Wildman–Crippen MR) is 160 cm³/mol. The number of aromatic nitrogens is 2.